The number of nitriles is 1. The molecule has 0 fully saturated rings. The SMILES string of the molecule is N#CC(=CNc1ccc(Oc2ccccc2)cc1)c1nc(-c2cccc3ccccc23)cs1. The normalized spacial score (nSPS) is 11.2. The highest BCUT2D eigenvalue weighted by Gasteiger charge is 2.11. The minimum Gasteiger partial charge on any atom is -0.457 e. The zero-order valence-corrected chi connectivity index (χ0v) is 18.4. The van der Waals surface area contributed by atoms with Gasteiger partial charge in [-0.1, -0.05) is 60.7 Å². The first-order chi connectivity index (χ1) is 16.3. The van der Waals surface area contributed by atoms with E-state index in [4.69, 9.17) is 9.72 Å². The Morgan fingerprint density at radius 2 is 1.58 bits per heavy atom. The maximum Gasteiger partial charge on any atom is 0.136 e. The minimum absolute atomic E-state index is 0.482. The van der Waals surface area contributed by atoms with Crippen molar-refractivity contribution in [1.29, 1.82) is 5.26 Å². The molecular formula is C28H19N3OS. The Morgan fingerprint density at radius 1 is 0.848 bits per heavy atom. The predicted molar refractivity (Wildman–Crippen MR) is 135 cm³/mol. The molecule has 33 heavy (non-hydrogen) atoms. The number of thiazole rings is 1. The Kier molecular flexibility index (Phi) is 5.83. The van der Waals surface area contributed by atoms with Crippen LogP contribution in [0.2, 0.25) is 0 Å². The van der Waals surface area contributed by atoms with E-state index in [1.54, 1.807) is 6.20 Å². The summed E-state index contributed by atoms with van der Waals surface area (Å²) < 4.78 is 5.82. The Labute approximate surface area is 196 Å². The fraction of sp³-hybridized carbons (Fsp3) is 0. The number of para-hydroxylation sites is 1. The summed E-state index contributed by atoms with van der Waals surface area (Å²) in [6.45, 7) is 0. The molecule has 1 aromatic heterocycles. The van der Waals surface area contributed by atoms with Crippen molar-refractivity contribution < 1.29 is 4.74 Å². The molecule has 1 heterocycles. The van der Waals surface area contributed by atoms with Crippen LogP contribution in [0.4, 0.5) is 5.69 Å². The van der Waals surface area contributed by atoms with Gasteiger partial charge in [-0.15, -0.1) is 11.3 Å². The highest BCUT2D eigenvalue weighted by atomic mass is 32.1. The lowest BCUT2D eigenvalue weighted by Gasteiger charge is -2.07. The monoisotopic (exact) mass is 445 g/mol. The number of anilines is 1. The van der Waals surface area contributed by atoms with Gasteiger partial charge in [0.1, 0.15) is 28.1 Å². The zero-order chi connectivity index (χ0) is 22.5. The number of nitrogens with one attached hydrogen (secondary N) is 1. The topological polar surface area (TPSA) is 57.9 Å². The van der Waals surface area contributed by atoms with Gasteiger partial charge in [-0.25, -0.2) is 4.98 Å². The number of rotatable bonds is 6. The summed E-state index contributed by atoms with van der Waals surface area (Å²) in [6, 6.07) is 33.9. The van der Waals surface area contributed by atoms with Crippen LogP contribution in [0.1, 0.15) is 5.01 Å². The first-order valence-electron chi connectivity index (χ1n) is 10.4. The minimum atomic E-state index is 0.482. The van der Waals surface area contributed by atoms with Crippen molar-refractivity contribution in [1.82, 2.24) is 4.98 Å². The molecule has 0 saturated heterocycles. The number of hydrogen-bond donors (Lipinski definition) is 1. The van der Waals surface area contributed by atoms with Crippen molar-refractivity contribution in [2.24, 2.45) is 0 Å². The molecule has 0 aliphatic carbocycles. The van der Waals surface area contributed by atoms with Crippen molar-refractivity contribution in [2.75, 3.05) is 5.32 Å². The quantitative estimate of drug-likeness (QED) is 0.272. The lowest BCUT2D eigenvalue weighted by molar-refractivity contribution is 0.483. The molecule has 5 heteroatoms. The van der Waals surface area contributed by atoms with E-state index in [2.05, 4.69) is 35.7 Å². The molecule has 5 rings (SSSR count). The Hall–Kier alpha value is -4.40. The second-order valence-electron chi connectivity index (χ2n) is 7.32. The summed E-state index contributed by atoms with van der Waals surface area (Å²) in [5, 5.41) is 17.9. The molecule has 0 aliphatic rings. The summed E-state index contributed by atoms with van der Waals surface area (Å²) in [6.07, 6.45) is 1.69. The molecule has 0 atom stereocenters. The number of aromatic nitrogens is 1. The van der Waals surface area contributed by atoms with Gasteiger partial charge in [-0.05, 0) is 47.2 Å². The fourth-order valence-electron chi connectivity index (χ4n) is 3.51. The van der Waals surface area contributed by atoms with Gasteiger partial charge in [-0.2, -0.15) is 5.26 Å². The van der Waals surface area contributed by atoms with Crippen LogP contribution in [-0.4, -0.2) is 4.98 Å². The Balaban J connectivity index is 1.33. The van der Waals surface area contributed by atoms with Crippen molar-refractivity contribution in [3.8, 4) is 28.8 Å². The maximum atomic E-state index is 9.71. The second kappa shape index (κ2) is 9.39. The van der Waals surface area contributed by atoms with Gasteiger partial charge in [0.05, 0.1) is 5.69 Å². The van der Waals surface area contributed by atoms with Gasteiger partial charge in [-0.3, -0.25) is 0 Å². The van der Waals surface area contributed by atoms with Crippen molar-refractivity contribution in [3.05, 3.63) is 114 Å². The molecule has 0 amide bonds. The van der Waals surface area contributed by atoms with Crippen molar-refractivity contribution in [2.45, 2.75) is 0 Å². The summed E-state index contributed by atoms with van der Waals surface area (Å²) in [5.74, 6) is 1.53. The van der Waals surface area contributed by atoms with E-state index >= 15 is 0 Å². The number of fused-ring (bicyclic) bond motifs is 1. The number of benzene rings is 4. The highest BCUT2D eigenvalue weighted by Crippen LogP contribution is 2.31. The van der Waals surface area contributed by atoms with Gasteiger partial charge < -0.3 is 10.1 Å². The molecule has 0 aliphatic heterocycles. The number of ether oxygens (including phenoxy) is 1. The molecule has 158 valence electrons. The molecule has 4 aromatic carbocycles. The molecule has 5 aromatic rings. The first-order valence-corrected chi connectivity index (χ1v) is 11.3. The van der Waals surface area contributed by atoms with Gasteiger partial charge >= 0.3 is 0 Å². The molecular weight excluding hydrogens is 426 g/mol. The van der Waals surface area contributed by atoms with Gasteiger partial charge in [0.25, 0.3) is 0 Å². The molecule has 0 spiro atoms. The molecule has 0 bridgehead atoms. The molecule has 0 unspecified atom stereocenters. The van der Waals surface area contributed by atoms with Crippen LogP contribution in [0.3, 0.4) is 0 Å². The van der Waals surface area contributed by atoms with Crippen LogP contribution in [0, 0.1) is 11.3 Å². The third-order valence-corrected chi connectivity index (χ3v) is 6.01. The van der Waals surface area contributed by atoms with Gasteiger partial charge in [0, 0.05) is 22.8 Å². The Bertz CT molecular complexity index is 1460. The van der Waals surface area contributed by atoms with Crippen LogP contribution < -0.4 is 10.1 Å². The van der Waals surface area contributed by atoms with Crippen LogP contribution in [0.15, 0.2) is 109 Å². The summed E-state index contributed by atoms with van der Waals surface area (Å²) in [4.78, 5) is 4.74. The highest BCUT2D eigenvalue weighted by molar-refractivity contribution is 7.11. The first kappa shape index (κ1) is 20.5. The number of allylic oxidation sites excluding steroid dienone is 1. The summed E-state index contributed by atoms with van der Waals surface area (Å²) in [5.41, 5.74) is 3.27. The van der Waals surface area contributed by atoms with E-state index in [9.17, 15) is 5.26 Å². The smallest absolute Gasteiger partial charge is 0.136 e. The number of nitrogens with zero attached hydrogens (tertiary/aromatic N) is 2. The van der Waals surface area contributed by atoms with E-state index in [-0.39, 0.29) is 0 Å². The fourth-order valence-corrected chi connectivity index (χ4v) is 4.30. The standard InChI is InChI=1S/C28H19N3OS/c29-17-21(18-30-22-13-15-24(16-14-22)32-23-9-2-1-3-10-23)28-31-27(19-33-28)26-12-6-8-20-7-4-5-11-25(20)26/h1-16,18-19,30H. The van der Waals surface area contributed by atoms with E-state index in [1.165, 1.54) is 16.7 Å². The molecule has 0 saturated carbocycles. The zero-order valence-electron chi connectivity index (χ0n) is 17.6. The molecule has 0 radical (unpaired) electrons. The maximum absolute atomic E-state index is 9.71. The van der Waals surface area contributed by atoms with Crippen molar-refractivity contribution >= 4 is 33.4 Å². The Morgan fingerprint density at radius 3 is 2.39 bits per heavy atom. The van der Waals surface area contributed by atoms with E-state index in [0.29, 0.717) is 10.6 Å². The van der Waals surface area contributed by atoms with Crippen LogP contribution in [-0.2, 0) is 0 Å². The average molecular weight is 446 g/mol. The van der Waals surface area contributed by atoms with Gasteiger partial charge in [0.15, 0.2) is 0 Å². The molecule has 4 nitrogen and oxygen atoms in total. The largest absolute Gasteiger partial charge is 0.457 e. The van der Waals surface area contributed by atoms with Crippen molar-refractivity contribution in [3.63, 3.8) is 0 Å². The summed E-state index contributed by atoms with van der Waals surface area (Å²) in [7, 11) is 0. The average Bonchev–Trinajstić information content (AvgIpc) is 3.35. The summed E-state index contributed by atoms with van der Waals surface area (Å²) >= 11 is 1.46. The lowest BCUT2D eigenvalue weighted by Crippen LogP contribution is -1.91. The predicted octanol–water partition coefficient (Wildman–Crippen LogP) is 7.73. The van der Waals surface area contributed by atoms with Gasteiger partial charge in [0.2, 0.25) is 0 Å². The third-order valence-electron chi connectivity index (χ3n) is 5.14. The van der Waals surface area contributed by atoms with E-state index in [1.807, 2.05) is 78.2 Å². The van der Waals surface area contributed by atoms with Crippen LogP contribution >= 0.6 is 11.3 Å². The third kappa shape index (κ3) is 4.62. The lowest BCUT2D eigenvalue weighted by atomic mass is 10.0. The van der Waals surface area contributed by atoms with Crippen LogP contribution in [0.25, 0.3) is 27.6 Å². The van der Waals surface area contributed by atoms with E-state index < -0.39 is 0 Å². The van der Waals surface area contributed by atoms with Crippen LogP contribution in [0.5, 0.6) is 11.5 Å². The second-order valence-corrected chi connectivity index (χ2v) is 8.18. The number of hydrogen-bond acceptors (Lipinski definition) is 5. The van der Waals surface area contributed by atoms with E-state index in [0.717, 1.165) is 33.8 Å². The molecule has 1 N–H and O–H groups in total.